The molecule has 12 atom stereocenters. The fourth-order valence-corrected chi connectivity index (χ4v) is 11.8. The minimum Gasteiger partial charge on any atom is -0.400 e. The molecule has 0 aliphatic carbocycles. The summed E-state index contributed by atoms with van der Waals surface area (Å²) >= 11 is 5.39. The van der Waals surface area contributed by atoms with Crippen LogP contribution in [0.2, 0.25) is 5.02 Å². The molecule has 0 spiro atoms. The Kier molecular flexibility index (Phi) is 84.1. The number of carbonyl (C=O) groups excluding carboxylic acids is 3. The average molecular weight is 1940 g/mol. The predicted molar refractivity (Wildman–Crippen MR) is 575 cm³/mol. The Morgan fingerprint density at radius 2 is 0.586 bits per heavy atom. The number of nitrogens with one attached hydrogen (secondary N) is 3. The molecule has 26 heteroatoms. The number of alkyl halides is 3. The Labute approximate surface area is 824 Å². The lowest BCUT2D eigenvalue weighted by atomic mass is 10.0. The van der Waals surface area contributed by atoms with E-state index in [-0.39, 0.29) is 195 Å². The van der Waals surface area contributed by atoms with E-state index in [0.717, 1.165) is 47.2 Å². The van der Waals surface area contributed by atoms with Gasteiger partial charge in [0.05, 0.1) is 36.4 Å². The summed E-state index contributed by atoms with van der Waals surface area (Å²) in [5.74, 6) is -0.178. The van der Waals surface area contributed by atoms with Crippen molar-refractivity contribution in [3.8, 4) is 0 Å². The van der Waals surface area contributed by atoms with Crippen LogP contribution < -0.4 is 33.2 Å². The summed E-state index contributed by atoms with van der Waals surface area (Å²) in [4.78, 5) is 33.9. The highest BCUT2D eigenvalue weighted by atomic mass is 35.5. The van der Waals surface area contributed by atoms with Gasteiger partial charge in [-0.25, -0.2) is 0 Å². The number of rotatable bonds is 27. The molecule has 0 aliphatic heterocycles. The third kappa shape index (κ3) is 60.4. The van der Waals surface area contributed by atoms with Crippen LogP contribution in [0.25, 0.3) is 0 Å². The summed E-state index contributed by atoms with van der Waals surface area (Å²) in [7, 11) is 1.00. The lowest BCUT2D eigenvalue weighted by molar-refractivity contribution is -0.137. The molecule has 0 radical (unpaired) electrons. The number of aliphatic hydroxyl groups excluding tert-OH is 5. The van der Waals surface area contributed by atoms with Gasteiger partial charge in [-0.2, -0.15) is 121 Å². The Morgan fingerprint density at radius 1 is 0.352 bits per heavy atom. The molecule has 0 fully saturated rings. The molecule has 128 heavy (non-hydrogen) atoms. The first-order valence-corrected chi connectivity index (χ1v) is 40.1. The number of nitrogens with two attached hydrogens (primary N) is 3. The Morgan fingerprint density at radius 3 is 0.828 bits per heavy atom. The molecule has 0 bridgehead atoms. The van der Waals surface area contributed by atoms with E-state index in [1.807, 2.05) is 246 Å². The highest BCUT2D eigenvalue weighted by Gasteiger charge is 2.30. The molecule has 0 saturated heterocycles. The fourth-order valence-electron chi connectivity index (χ4n) is 11.7. The van der Waals surface area contributed by atoms with Crippen molar-refractivity contribution in [3.63, 3.8) is 0 Å². The van der Waals surface area contributed by atoms with Gasteiger partial charge < -0.3 is 58.7 Å². The first-order chi connectivity index (χ1) is 56.4. The largest absolute Gasteiger partial charge is 0.416 e. The van der Waals surface area contributed by atoms with E-state index >= 15 is 0 Å². The first kappa shape index (κ1) is 136. The van der Waals surface area contributed by atoms with Gasteiger partial charge in [0.15, 0.2) is 11.6 Å². The van der Waals surface area contributed by atoms with E-state index in [4.69, 9.17) is 33.9 Å². The quantitative estimate of drug-likeness (QED) is 0.0130. The molecule has 14 N–H and O–H groups in total. The zero-order valence-electron chi connectivity index (χ0n) is 73.9. The van der Waals surface area contributed by atoms with Crippen LogP contribution in [-0.2, 0) is 11.0 Å². The first-order valence-electron chi connectivity index (χ1n) is 39.7. The van der Waals surface area contributed by atoms with E-state index in [9.17, 15) is 48.0 Å². The average Bonchev–Trinajstić information content (AvgIpc) is 0.878. The van der Waals surface area contributed by atoms with Crippen molar-refractivity contribution in [2.75, 3.05) is 7.11 Å². The van der Waals surface area contributed by atoms with Crippen molar-refractivity contribution in [2.45, 2.75) is 195 Å². The van der Waals surface area contributed by atoms with Gasteiger partial charge in [0.1, 0.15) is 5.78 Å². The lowest BCUT2D eigenvalue weighted by Gasteiger charge is -2.22. The summed E-state index contributed by atoms with van der Waals surface area (Å²) < 4.78 is 35.6. The van der Waals surface area contributed by atoms with Crippen LogP contribution in [-0.4, -0.2) is 74.2 Å². The Bertz CT molecular complexity index is 4200. The summed E-state index contributed by atoms with van der Waals surface area (Å²) in [6.07, 6.45) is -1.65. The van der Waals surface area contributed by atoms with Crippen LogP contribution >= 0.6 is 120 Å². The molecule has 0 amide bonds. The number of aliphatic hydroxyl groups is 5. The van der Waals surface area contributed by atoms with Crippen LogP contribution in [0.15, 0.2) is 339 Å². The van der Waals surface area contributed by atoms with Crippen molar-refractivity contribution in [3.05, 3.63) is 406 Å². The fraction of sp³-hybridized carbons (Fsp3) is 0.304. The van der Waals surface area contributed by atoms with E-state index < -0.39 is 36.2 Å². The minimum absolute atomic E-state index is 0. The number of hydrogen-bond donors (Lipinski definition) is 11. The summed E-state index contributed by atoms with van der Waals surface area (Å²) in [6, 6.07) is 104. The van der Waals surface area contributed by atoms with Gasteiger partial charge in [0.25, 0.3) is 0 Å². The maximum atomic E-state index is 12.1. The zero-order valence-corrected chi connectivity index (χ0v) is 82.7. The van der Waals surface area contributed by atoms with Crippen LogP contribution in [0.3, 0.4) is 0 Å². The van der Waals surface area contributed by atoms with Crippen molar-refractivity contribution < 1.29 is 53.1 Å². The van der Waals surface area contributed by atoms with Crippen LogP contribution in [0.1, 0.15) is 236 Å². The van der Waals surface area contributed by atoms with Gasteiger partial charge in [-0.3, -0.25) is 14.4 Å². The monoisotopic (exact) mass is 1930 g/mol. The maximum absolute atomic E-state index is 12.1. The number of hydrogen-bond acceptors (Lipinski definition) is 14. The van der Waals surface area contributed by atoms with Gasteiger partial charge in [-0.15, -0.1) is 0 Å². The second-order valence-corrected chi connectivity index (χ2v) is 29.1. The molecular formula is C102H148ClF3N6O8S8. The van der Waals surface area contributed by atoms with Gasteiger partial charge in [-0.05, 0) is 164 Å². The molecule has 0 heterocycles. The standard InChI is InChI=1S/2C18H23NO.C18H19NO.2C10H15NO.C10H10O2.C8H11N.C7H4ClF3.CH4O.2CH4.8H2S/c3*1-14(13-18(20)17-11-7-4-8-12-17)19-15(2)16-9-5-3-6-10-16;3*1-8(11)7-10(12)9-5-3-2-4-6-9;1-7(9)8-5-3-2-4-6-8;8-6-3-1-5(2-4-6)7(9,10)11;1-2;;;;;;;;;;/h2*3-12,14-15,18-20H,13H2,1-2H3;3-13,15,19H,1-2H3;2*2-6,8,10,12H,7,11H2,1H3;2-6H,7H2,1H3;2-7H,9H2,1H3;1-4H;2H,1H3;2*1H4;8*1H2/b;;14-13-;;;;;;;;;;;;;;;;/t14-,15+,18-;14-,15-,18-;15-;2*8-,10-;;7-;;;;;;;;;;;;/m10010.0............/s1. The van der Waals surface area contributed by atoms with Crippen LogP contribution in [0.4, 0.5) is 13.2 Å². The number of Topliss-reactive ketones (excluding diaryl/α,β-unsaturated/α-hetero) is 2. The normalized spacial score (nSPS) is 12.6. The molecule has 0 aliphatic rings. The third-order valence-electron chi connectivity index (χ3n) is 17.9. The van der Waals surface area contributed by atoms with E-state index in [1.54, 1.807) is 30.3 Å². The second kappa shape index (κ2) is 79.2. The maximum Gasteiger partial charge on any atom is 0.416 e. The predicted octanol–water partition coefficient (Wildman–Crippen LogP) is 23.4. The molecular weight excluding hydrogens is 1790 g/mol. The third-order valence-corrected chi connectivity index (χ3v) is 18.2. The Hall–Kier alpha value is -7.55. The molecule has 0 aromatic heterocycles. The molecule has 11 aromatic carbocycles. The highest BCUT2D eigenvalue weighted by molar-refractivity contribution is 7.60. The van der Waals surface area contributed by atoms with Crippen molar-refractivity contribution in [2.24, 2.45) is 17.2 Å². The molecule has 11 rings (SSSR count). The molecule has 14 nitrogen and oxygen atoms in total. The van der Waals surface area contributed by atoms with Gasteiger partial charge in [0.2, 0.25) is 0 Å². The Balaban J connectivity index is -0.000000214. The minimum atomic E-state index is -4.27. The number of benzene rings is 11. The topological polar surface area (TPSA) is 267 Å². The molecule has 11 aromatic rings. The number of allylic oxidation sites excluding steroid dienone is 2. The van der Waals surface area contributed by atoms with Crippen LogP contribution in [0.5, 0.6) is 0 Å². The summed E-state index contributed by atoms with van der Waals surface area (Å²) in [6.45, 7) is 19.7. The van der Waals surface area contributed by atoms with Gasteiger partial charge >= 0.3 is 6.18 Å². The smallest absolute Gasteiger partial charge is 0.400 e. The summed E-state index contributed by atoms with van der Waals surface area (Å²) in [5.41, 5.74) is 27.0. The van der Waals surface area contributed by atoms with E-state index in [1.165, 1.54) is 41.3 Å². The van der Waals surface area contributed by atoms with Crippen LogP contribution in [0, 0.1) is 0 Å². The van der Waals surface area contributed by atoms with E-state index in [2.05, 4.69) is 111 Å². The number of ketones is 3. The SMILES string of the molecule is C.C.C/C(=C/C(=O)c1ccccc1)N[C@@H](C)c1ccccc1.CC(=O)CC(=O)c1ccccc1.CO.C[C@@H](N)C[C@@H](O)c1ccccc1.C[C@H](C[C@@H](O)c1ccccc1)N[C@@H](C)c1ccccc1.C[C@H](N)C[C@H](O)c1ccccc1.C[C@H](N)c1ccccc1.C[C@H](N[C@@H](C)C[C@H](O)c1ccccc1)c1ccccc1.FC(F)(F)c1ccc(Cl)cc1.S.S.S.S.S.S.S.S. The highest BCUT2D eigenvalue weighted by Crippen LogP contribution is 2.30. The second-order valence-electron chi connectivity index (χ2n) is 28.7. The van der Waals surface area contributed by atoms with Crippen molar-refractivity contribution in [1.82, 2.24) is 16.0 Å². The van der Waals surface area contributed by atoms with E-state index in [0.29, 0.717) is 41.8 Å². The number of halogens is 4. The zero-order chi connectivity index (χ0) is 87.2. The molecule has 710 valence electrons. The van der Waals surface area contributed by atoms with Crippen molar-refractivity contribution >= 4 is 137 Å². The number of carbonyl (C=O) groups is 3. The summed E-state index contributed by atoms with van der Waals surface area (Å²) in [5, 5.41) is 57.4. The van der Waals surface area contributed by atoms with Gasteiger partial charge in [0, 0.05) is 83.4 Å². The van der Waals surface area contributed by atoms with Crippen molar-refractivity contribution in [1.29, 1.82) is 0 Å². The lowest BCUT2D eigenvalue weighted by Crippen LogP contribution is -2.30. The molecule has 0 unspecified atom stereocenters. The molecule has 0 saturated carbocycles. The van der Waals surface area contributed by atoms with Gasteiger partial charge in [-0.1, -0.05) is 330 Å².